The maximum absolute atomic E-state index is 12.6. The molecular formula is C21H24N6OS. The van der Waals surface area contributed by atoms with Crippen LogP contribution in [-0.4, -0.2) is 67.8 Å². The molecule has 1 amide bonds. The number of thioether (sulfide) groups is 1. The lowest BCUT2D eigenvalue weighted by atomic mass is 10.0. The average molecular weight is 409 g/mol. The van der Waals surface area contributed by atoms with Crippen LogP contribution >= 0.6 is 11.8 Å². The van der Waals surface area contributed by atoms with Gasteiger partial charge in [0.05, 0.1) is 11.8 Å². The molecule has 8 heteroatoms. The molecule has 150 valence electrons. The molecule has 3 aromatic rings. The molecule has 5 rings (SSSR count). The van der Waals surface area contributed by atoms with Gasteiger partial charge in [-0.15, -0.1) is 5.10 Å². The molecule has 2 heterocycles. The van der Waals surface area contributed by atoms with E-state index in [1.165, 1.54) is 28.1 Å². The Hall–Kier alpha value is -2.45. The molecule has 1 aliphatic carbocycles. The van der Waals surface area contributed by atoms with E-state index in [0.29, 0.717) is 11.8 Å². The van der Waals surface area contributed by atoms with Crippen molar-refractivity contribution in [3.05, 3.63) is 48.0 Å². The van der Waals surface area contributed by atoms with E-state index in [-0.39, 0.29) is 5.91 Å². The third-order valence-electron chi connectivity index (χ3n) is 5.68. The Labute approximate surface area is 174 Å². The molecule has 7 nitrogen and oxygen atoms in total. The molecular weight excluding hydrogens is 384 g/mol. The average Bonchev–Trinajstić information content (AvgIpc) is 3.50. The summed E-state index contributed by atoms with van der Waals surface area (Å²) in [5, 5.41) is 15.2. The molecule has 29 heavy (non-hydrogen) atoms. The van der Waals surface area contributed by atoms with Crippen molar-refractivity contribution >= 4 is 28.4 Å². The summed E-state index contributed by atoms with van der Waals surface area (Å²) in [6.45, 7) is 4.28. The first-order chi connectivity index (χ1) is 14.3. The van der Waals surface area contributed by atoms with Gasteiger partial charge in [-0.25, -0.2) is 4.68 Å². The first kappa shape index (κ1) is 18.6. The molecule has 2 aromatic carbocycles. The number of nitrogens with zero attached hydrogens (tertiary/aromatic N) is 6. The largest absolute Gasteiger partial charge is 0.339 e. The quantitative estimate of drug-likeness (QED) is 0.584. The van der Waals surface area contributed by atoms with Gasteiger partial charge in [0.1, 0.15) is 0 Å². The Bertz CT molecular complexity index is 1000. The van der Waals surface area contributed by atoms with E-state index in [2.05, 4.69) is 62.9 Å². The normalized spacial score (nSPS) is 17.7. The van der Waals surface area contributed by atoms with Gasteiger partial charge in [0.25, 0.3) is 0 Å². The topological polar surface area (TPSA) is 67.2 Å². The lowest BCUT2D eigenvalue weighted by Gasteiger charge is -2.35. The third-order valence-corrected chi connectivity index (χ3v) is 6.60. The van der Waals surface area contributed by atoms with Gasteiger partial charge in [-0.05, 0) is 39.6 Å². The maximum atomic E-state index is 12.6. The van der Waals surface area contributed by atoms with Gasteiger partial charge >= 0.3 is 0 Å². The zero-order valence-corrected chi connectivity index (χ0v) is 17.1. The number of aromatic nitrogens is 4. The van der Waals surface area contributed by atoms with Crippen LogP contribution in [0.1, 0.15) is 24.4 Å². The van der Waals surface area contributed by atoms with Crippen LogP contribution < -0.4 is 0 Å². The summed E-state index contributed by atoms with van der Waals surface area (Å²) in [4.78, 5) is 17.0. The number of benzene rings is 2. The van der Waals surface area contributed by atoms with Crippen LogP contribution in [0.3, 0.4) is 0 Å². The predicted molar refractivity (Wildman–Crippen MR) is 113 cm³/mol. The van der Waals surface area contributed by atoms with Crippen LogP contribution in [0.5, 0.6) is 0 Å². The van der Waals surface area contributed by atoms with Crippen LogP contribution in [0.2, 0.25) is 0 Å². The fourth-order valence-electron chi connectivity index (χ4n) is 3.87. The van der Waals surface area contributed by atoms with Crippen molar-refractivity contribution in [1.29, 1.82) is 0 Å². The molecule has 0 atom stereocenters. The maximum Gasteiger partial charge on any atom is 0.233 e. The van der Waals surface area contributed by atoms with E-state index in [9.17, 15) is 4.79 Å². The highest BCUT2D eigenvalue weighted by molar-refractivity contribution is 7.99. The number of rotatable bonds is 6. The second kappa shape index (κ2) is 8.12. The number of tetrazole rings is 1. The van der Waals surface area contributed by atoms with E-state index >= 15 is 0 Å². The molecule has 1 aliphatic heterocycles. The summed E-state index contributed by atoms with van der Waals surface area (Å²) < 4.78 is 1.86. The number of amides is 1. The summed E-state index contributed by atoms with van der Waals surface area (Å²) >= 11 is 1.45. The Balaban J connectivity index is 1.14. The van der Waals surface area contributed by atoms with Crippen molar-refractivity contribution in [2.45, 2.75) is 30.6 Å². The monoisotopic (exact) mass is 408 g/mol. The van der Waals surface area contributed by atoms with E-state index in [1.807, 2.05) is 9.58 Å². The highest BCUT2D eigenvalue weighted by Gasteiger charge is 2.28. The van der Waals surface area contributed by atoms with Gasteiger partial charge in [-0.2, -0.15) is 0 Å². The Kier molecular flexibility index (Phi) is 5.20. The van der Waals surface area contributed by atoms with Gasteiger partial charge < -0.3 is 4.90 Å². The summed E-state index contributed by atoms with van der Waals surface area (Å²) in [6.07, 6.45) is 2.26. The molecule has 0 bridgehead atoms. The molecule has 0 unspecified atom stereocenters. The number of hydrogen-bond acceptors (Lipinski definition) is 6. The number of carbonyl (C=O) groups excluding carboxylic acids is 1. The SMILES string of the molecule is O=C(CSc1nnnn1C1CC1)N1CCN(Cc2cccc3ccccc23)CC1. The van der Waals surface area contributed by atoms with Gasteiger partial charge in [-0.1, -0.05) is 54.2 Å². The Morgan fingerprint density at radius 2 is 1.83 bits per heavy atom. The van der Waals surface area contributed by atoms with Crippen molar-refractivity contribution in [3.63, 3.8) is 0 Å². The lowest BCUT2D eigenvalue weighted by molar-refractivity contribution is -0.130. The van der Waals surface area contributed by atoms with E-state index in [4.69, 9.17) is 0 Å². The van der Waals surface area contributed by atoms with Gasteiger partial charge in [0.15, 0.2) is 0 Å². The lowest BCUT2D eigenvalue weighted by Crippen LogP contribution is -2.48. The Morgan fingerprint density at radius 3 is 2.66 bits per heavy atom. The van der Waals surface area contributed by atoms with Gasteiger partial charge in [0, 0.05) is 32.7 Å². The first-order valence-corrected chi connectivity index (χ1v) is 11.1. The van der Waals surface area contributed by atoms with Crippen LogP contribution in [0.4, 0.5) is 0 Å². The minimum Gasteiger partial charge on any atom is -0.339 e. The molecule has 2 aliphatic rings. The molecule has 1 aromatic heterocycles. The number of carbonyl (C=O) groups is 1. The predicted octanol–water partition coefficient (Wildman–Crippen LogP) is 2.60. The molecule has 0 N–H and O–H groups in total. The van der Waals surface area contributed by atoms with E-state index in [1.54, 1.807) is 0 Å². The fraction of sp³-hybridized carbons (Fsp3) is 0.429. The van der Waals surface area contributed by atoms with Crippen LogP contribution in [0.15, 0.2) is 47.6 Å². The molecule has 1 saturated carbocycles. The summed E-state index contributed by atoms with van der Waals surface area (Å²) in [7, 11) is 0. The van der Waals surface area contributed by atoms with Crippen molar-refractivity contribution < 1.29 is 4.79 Å². The number of hydrogen-bond donors (Lipinski definition) is 0. The fourth-order valence-corrected chi connectivity index (χ4v) is 4.72. The van der Waals surface area contributed by atoms with Crippen LogP contribution in [0, 0.1) is 0 Å². The Morgan fingerprint density at radius 1 is 1.03 bits per heavy atom. The van der Waals surface area contributed by atoms with Crippen molar-refractivity contribution in [2.24, 2.45) is 0 Å². The number of fused-ring (bicyclic) bond motifs is 1. The van der Waals surface area contributed by atoms with Gasteiger partial charge in [0.2, 0.25) is 11.1 Å². The minimum absolute atomic E-state index is 0.171. The number of piperazine rings is 1. The van der Waals surface area contributed by atoms with Crippen molar-refractivity contribution in [3.8, 4) is 0 Å². The zero-order chi connectivity index (χ0) is 19.6. The third kappa shape index (κ3) is 4.13. The smallest absolute Gasteiger partial charge is 0.233 e. The van der Waals surface area contributed by atoms with Crippen molar-refractivity contribution in [2.75, 3.05) is 31.9 Å². The van der Waals surface area contributed by atoms with E-state index in [0.717, 1.165) is 50.7 Å². The highest BCUT2D eigenvalue weighted by Crippen LogP contribution is 2.36. The van der Waals surface area contributed by atoms with E-state index < -0.39 is 0 Å². The van der Waals surface area contributed by atoms with Crippen LogP contribution in [-0.2, 0) is 11.3 Å². The summed E-state index contributed by atoms with van der Waals surface area (Å²) in [5.74, 6) is 0.571. The van der Waals surface area contributed by atoms with Crippen molar-refractivity contribution in [1.82, 2.24) is 30.0 Å². The molecule has 1 saturated heterocycles. The second-order valence-electron chi connectivity index (χ2n) is 7.72. The highest BCUT2D eigenvalue weighted by atomic mass is 32.2. The second-order valence-corrected chi connectivity index (χ2v) is 8.66. The standard InChI is InChI=1S/C21H24N6OS/c28-20(15-29-21-22-23-24-27(21)18-8-9-18)26-12-10-25(11-13-26)14-17-6-3-5-16-4-1-2-7-19(16)17/h1-7,18H,8-15H2. The molecule has 0 radical (unpaired) electrons. The summed E-state index contributed by atoms with van der Waals surface area (Å²) in [6, 6.07) is 15.5. The minimum atomic E-state index is 0.171. The first-order valence-electron chi connectivity index (χ1n) is 10.2. The van der Waals surface area contributed by atoms with Gasteiger partial charge in [-0.3, -0.25) is 9.69 Å². The van der Waals surface area contributed by atoms with Crippen LogP contribution in [0.25, 0.3) is 10.8 Å². The molecule has 0 spiro atoms. The zero-order valence-electron chi connectivity index (χ0n) is 16.3. The summed E-state index contributed by atoms with van der Waals surface area (Å²) in [5.41, 5.74) is 1.35. The molecule has 2 fully saturated rings.